The molecule has 30 heavy (non-hydrogen) atoms. The number of nitrogens with one attached hydrogen (secondary N) is 1. The molecule has 0 saturated carbocycles. The van der Waals surface area contributed by atoms with Gasteiger partial charge in [-0.1, -0.05) is 24.6 Å². The zero-order valence-corrected chi connectivity index (χ0v) is 17.4. The number of amides is 1. The second-order valence-electron chi connectivity index (χ2n) is 7.32. The minimum Gasteiger partial charge on any atom is -0.466 e. The number of benzene rings is 1. The number of hydrogen-bond acceptors (Lipinski definition) is 6. The molecule has 160 valence electrons. The minimum absolute atomic E-state index is 0.239. The van der Waals surface area contributed by atoms with Gasteiger partial charge in [0.25, 0.3) is 5.91 Å². The Labute approximate surface area is 176 Å². The van der Waals surface area contributed by atoms with E-state index in [-0.39, 0.29) is 19.0 Å². The van der Waals surface area contributed by atoms with E-state index in [1.807, 2.05) is 24.3 Å². The lowest BCUT2D eigenvalue weighted by Gasteiger charge is -2.15. The van der Waals surface area contributed by atoms with Gasteiger partial charge in [0.05, 0.1) is 17.7 Å². The van der Waals surface area contributed by atoms with Gasteiger partial charge >= 0.3 is 11.9 Å². The summed E-state index contributed by atoms with van der Waals surface area (Å²) in [6, 6.07) is 7.55. The molecule has 7 nitrogen and oxygen atoms in total. The molecular formula is C23H28N2O5. The van der Waals surface area contributed by atoms with Gasteiger partial charge in [0, 0.05) is 24.0 Å². The molecule has 1 heterocycles. The second kappa shape index (κ2) is 10.7. The van der Waals surface area contributed by atoms with E-state index >= 15 is 0 Å². The molecule has 0 aliphatic heterocycles. The fourth-order valence-electron chi connectivity index (χ4n) is 3.73. The molecule has 1 amide bonds. The number of fused-ring (bicyclic) bond motifs is 2. The number of ether oxygens (including phenoxy) is 2. The van der Waals surface area contributed by atoms with E-state index in [4.69, 9.17) is 14.5 Å². The summed E-state index contributed by atoms with van der Waals surface area (Å²) in [5.74, 6) is -1.17. The third kappa shape index (κ3) is 5.55. The summed E-state index contributed by atoms with van der Waals surface area (Å²) in [5, 5.41) is 3.42. The molecule has 0 fully saturated rings. The van der Waals surface area contributed by atoms with Crippen molar-refractivity contribution in [3.8, 4) is 0 Å². The highest BCUT2D eigenvalue weighted by Crippen LogP contribution is 2.29. The molecule has 2 aromatic rings. The molecule has 0 radical (unpaired) electrons. The first-order chi connectivity index (χ1) is 14.6. The molecule has 7 heteroatoms. The lowest BCUT2D eigenvalue weighted by molar-refractivity contribution is -0.143. The number of hydrogen-bond donors (Lipinski definition) is 1. The van der Waals surface area contributed by atoms with E-state index in [2.05, 4.69) is 5.32 Å². The Kier molecular flexibility index (Phi) is 7.76. The minimum atomic E-state index is -0.492. The third-order valence-electron chi connectivity index (χ3n) is 5.14. The number of nitrogens with zero attached hydrogens (tertiary/aromatic N) is 1. The average Bonchev–Trinajstić information content (AvgIpc) is 2.98. The van der Waals surface area contributed by atoms with Crippen molar-refractivity contribution in [3.05, 3.63) is 41.1 Å². The summed E-state index contributed by atoms with van der Waals surface area (Å²) < 4.78 is 10.2. The van der Waals surface area contributed by atoms with Gasteiger partial charge in [-0.3, -0.25) is 14.6 Å². The van der Waals surface area contributed by atoms with Crippen LogP contribution in [0.25, 0.3) is 10.9 Å². The van der Waals surface area contributed by atoms with Gasteiger partial charge in [-0.2, -0.15) is 0 Å². The number of rotatable bonds is 8. The van der Waals surface area contributed by atoms with Crippen LogP contribution in [0.4, 0.5) is 0 Å². The molecule has 0 atom stereocenters. The molecule has 3 rings (SSSR count). The van der Waals surface area contributed by atoms with Gasteiger partial charge in [0.15, 0.2) is 6.61 Å². The fraction of sp³-hybridized carbons (Fsp3) is 0.478. The van der Waals surface area contributed by atoms with Crippen LogP contribution in [0, 0.1) is 0 Å². The highest BCUT2D eigenvalue weighted by atomic mass is 16.5. The first-order valence-electron chi connectivity index (χ1n) is 10.6. The number of para-hydroxylation sites is 1. The van der Waals surface area contributed by atoms with Gasteiger partial charge < -0.3 is 14.8 Å². The van der Waals surface area contributed by atoms with Crippen LogP contribution in [0.3, 0.4) is 0 Å². The number of carbonyl (C=O) groups is 3. The topological polar surface area (TPSA) is 94.6 Å². The van der Waals surface area contributed by atoms with E-state index in [1.165, 1.54) is 0 Å². The number of aromatic nitrogens is 1. The largest absolute Gasteiger partial charge is 0.466 e. The number of carbonyl (C=O) groups excluding carboxylic acids is 3. The molecule has 1 aromatic heterocycles. The SMILES string of the molecule is CCOC(=O)CCCNC(=O)COC(=O)c1c2c(nc3ccccc13)CCCCC2. The van der Waals surface area contributed by atoms with E-state index in [1.54, 1.807) is 6.92 Å². The maximum absolute atomic E-state index is 12.9. The second-order valence-corrected chi connectivity index (χ2v) is 7.32. The first-order valence-corrected chi connectivity index (χ1v) is 10.6. The van der Waals surface area contributed by atoms with Gasteiger partial charge in [-0.25, -0.2) is 4.79 Å². The van der Waals surface area contributed by atoms with Crippen LogP contribution in [0.2, 0.25) is 0 Å². The molecule has 1 aromatic carbocycles. The number of pyridine rings is 1. The van der Waals surface area contributed by atoms with Crippen molar-refractivity contribution in [2.75, 3.05) is 19.8 Å². The van der Waals surface area contributed by atoms with Crippen molar-refractivity contribution in [3.63, 3.8) is 0 Å². The van der Waals surface area contributed by atoms with Crippen molar-refractivity contribution in [1.82, 2.24) is 10.3 Å². The van der Waals surface area contributed by atoms with Crippen molar-refractivity contribution in [1.29, 1.82) is 0 Å². The van der Waals surface area contributed by atoms with Crippen LogP contribution in [0.15, 0.2) is 24.3 Å². The van der Waals surface area contributed by atoms with Crippen molar-refractivity contribution in [2.24, 2.45) is 0 Å². The Morgan fingerprint density at radius 1 is 1.07 bits per heavy atom. The average molecular weight is 412 g/mol. The van der Waals surface area contributed by atoms with Gasteiger partial charge in [0.1, 0.15) is 0 Å². The summed E-state index contributed by atoms with van der Waals surface area (Å²) in [7, 11) is 0. The predicted molar refractivity (Wildman–Crippen MR) is 112 cm³/mol. The van der Waals surface area contributed by atoms with Crippen LogP contribution < -0.4 is 5.32 Å². The molecule has 0 spiro atoms. The number of aryl methyl sites for hydroxylation is 1. The van der Waals surface area contributed by atoms with Gasteiger partial charge in [-0.15, -0.1) is 0 Å². The first kappa shape index (κ1) is 21.7. The van der Waals surface area contributed by atoms with Crippen LogP contribution in [0.1, 0.15) is 60.6 Å². The van der Waals surface area contributed by atoms with Crippen LogP contribution in [0.5, 0.6) is 0 Å². The Bertz CT molecular complexity index is 925. The molecule has 1 aliphatic rings. The van der Waals surface area contributed by atoms with E-state index in [0.717, 1.165) is 54.3 Å². The highest BCUT2D eigenvalue weighted by molar-refractivity contribution is 6.05. The molecular weight excluding hydrogens is 384 g/mol. The molecule has 0 bridgehead atoms. The fourth-order valence-corrected chi connectivity index (χ4v) is 3.73. The van der Waals surface area contributed by atoms with Crippen molar-refractivity contribution >= 4 is 28.7 Å². The predicted octanol–water partition coefficient (Wildman–Crippen LogP) is 3.12. The molecule has 1 N–H and O–H groups in total. The Morgan fingerprint density at radius 2 is 1.87 bits per heavy atom. The van der Waals surface area contributed by atoms with E-state index in [9.17, 15) is 14.4 Å². The standard InChI is InChI=1S/C23H28N2O5/c1-2-29-21(27)13-8-14-24-20(26)15-30-23(28)22-16-9-4-3-5-11-18(16)25-19-12-7-6-10-17(19)22/h6-7,10,12H,2-5,8-9,11,13-15H2,1H3,(H,24,26). The van der Waals surface area contributed by atoms with Crippen molar-refractivity contribution in [2.45, 2.75) is 51.9 Å². The number of esters is 2. The quantitative estimate of drug-likeness (QED) is 0.407. The smallest absolute Gasteiger partial charge is 0.339 e. The maximum atomic E-state index is 12.9. The lowest BCUT2D eigenvalue weighted by Crippen LogP contribution is -2.30. The van der Waals surface area contributed by atoms with E-state index in [0.29, 0.717) is 25.1 Å². The Morgan fingerprint density at radius 3 is 2.70 bits per heavy atom. The summed E-state index contributed by atoms with van der Waals surface area (Å²) in [6.45, 7) is 2.06. The zero-order valence-electron chi connectivity index (χ0n) is 17.4. The van der Waals surface area contributed by atoms with Gasteiger partial charge in [0.2, 0.25) is 0 Å². The maximum Gasteiger partial charge on any atom is 0.339 e. The molecule has 0 saturated heterocycles. The molecule has 0 unspecified atom stereocenters. The monoisotopic (exact) mass is 412 g/mol. The zero-order chi connectivity index (χ0) is 21.3. The summed E-state index contributed by atoms with van der Waals surface area (Å²) >= 11 is 0. The highest BCUT2D eigenvalue weighted by Gasteiger charge is 2.23. The van der Waals surface area contributed by atoms with E-state index < -0.39 is 11.9 Å². The van der Waals surface area contributed by atoms with Crippen molar-refractivity contribution < 1.29 is 23.9 Å². The third-order valence-corrected chi connectivity index (χ3v) is 5.14. The lowest BCUT2D eigenvalue weighted by atomic mass is 9.97. The normalized spacial score (nSPS) is 13.2. The van der Waals surface area contributed by atoms with Crippen LogP contribution >= 0.6 is 0 Å². The Hall–Kier alpha value is -2.96. The van der Waals surface area contributed by atoms with Gasteiger partial charge in [-0.05, 0) is 50.7 Å². The van der Waals surface area contributed by atoms with Crippen LogP contribution in [-0.2, 0) is 31.9 Å². The summed E-state index contributed by atoms with van der Waals surface area (Å²) in [4.78, 5) is 41.1. The Balaban J connectivity index is 1.63. The summed E-state index contributed by atoms with van der Waals surface area (Å²) in [6.07, 6.45) is 5.52. The summed E-state index contributed by atoms with van der Waals surface area (Å²) in [5.41, 5.74) is 3.22. The van der Waals surface area contributed by atoms with Crippen LogP contribution in [-0.4, -0.2) is 42.6 Å². The molecule has 1 aliphatic carbocycles.